The van der Waals surface area contributed by atoms with Crippen LogP contribution >= 0.6 is 0 Å². The van der Waals surface area contributed by atoms with Crippen molar-refractivity contribution in [1.29, 1.82) is 0 Å². The van der Waals surface area contributed by atoms with Gasteiger partial charge in [0, 0.05) is 19.3 Å². The van der Waals surface area contributed by atoms with E-state index in [0.717, 1.165) is 37.2 Å². The molecule has 4 heteroatoms. The molecule has 1 aromatic rings. The summed E-state index contributed by atoms with van der Waals surface area (Å²) in [6.07, 6.45) is 2.03. The maximum Gasteiger partial charge on any atom is 0.237 e. The molecule has 1 fully saturated rings. The summed E-state index contributed by atoms with van der Waals surface area (Å²) in [6.45, 7) is 3.82. The Labute approximate surface area is 108 Å². The SMILES string of the molecule is CNC(=O)C1CCCN1Cc1cccc(N)c1C. The average Bonchev–Trinajstić information content (AvgIpc) is 2.82. The van der Waals surface area contributed by atoms with E-state index in [-0.39, 0.29) is 11.9 Å². The minimum atomic E-state index is 0.0100. The highest BCUT2D eigenvalue weighted by molar-refractivity contribution is 5.81. The van der Waals surface area contributed by atoms with Crippen LogP contribution in [0.5, 0.6) is 0 Å². The first kappa shape index (κ1) is 12.9. The summed E-state index contributed by atoms with van der Waals surface area (Å²) >= 11 is 0. The highest BCUT2D eigenvalue weighted by Crippen LogP contribution is 2.23. The van der Waals surface area contributed by atoms with Gasteiger partial charge in [0.25, 0.3) is 0 Å². The molecule has 0 saturated carbocycles. The Bertz CT molecular complexity index is 445. The normalized spacial score (nSPS) is 20.0. The van der Waals surface area contributed by atoms with E-state index < -0.39 is 0 Å². The monoisotopic (exact) mass is 247 g/mol. The fourth-order valence-electron chi connectivity index (χ4n) is 2.57. The number of benzene rings is 1. The maximum absolute atomic E-state index is 11.8. The first-order chi connectivity index (χ1) is 8.63. The van der Waals surface area contributed by atoms with Crippen molar-refractivity contribution in [2.75, 3.05) is 19.3 Å². The van der Waals surface area contributed by atoms with Crippen molar-refractivity contribution in [1.82, 2.24) is 10.2 Å². The van der Waals surface area contributed by atoms with Crippen LogP contribution in [0.2, 0.25) is 0 Å². The van der Waals surface area contributed by atoms with Crippen molar-refractivity contribution in [3.05, 3.63) is 29.3 Å². The van der Waals surface area contributed by atoms with Crippen LogP contribution in [0, 0.1) is 6.92 Å². The van der Waals surface area contributed by atoms with Gasteiger partial charge in [0.05, 0.1) is 6.04 Å². The zero-order valence-electron chi connectivity index (χ0n) is 11.1. The number of nitrogens with zero attached hydrogens (tertiary/aromatic N) is 1. The third-order valence-corrected chi connectivity index (χ3v) is 3.77. The molecule has 1 atom stereocenters. The predicted molar refractivity (Wildman–Crippen MR) is 73.1 cm³/mol. The number of hydrogen-bond donors (Lipinski definition) is 2. The van der Waals surface area contributed by atoms with Crippen LogP contribution in [0.1, 0.15) is 24.0 Å². The number of hydrogen-bond acceptors (Lipinski definition) is 3. The van der Waals surface area contributed by atoms with Crippen molar-refractivity contribution in [2.45, 2.75) is 32.4 Å². The summed E-state index contributed by atoms with van der Waals surface area (Å²) in [5.41, 5.74) is 9.08. The number of carbonyl (C=O) groups is 1. The summed E-state index contributed by atoms with van der Waals surface area (Å²) in [6, 6.07) is 5.99. The Morgan fingerprint density at radius 2 is 2.33 bits per heavy atom. The van der Waals surface area contributed by atoms with Crippen LogP contribution in [0.4, 0.5) is 5.69 Å². The van der Waals surface area contributed by atoms with Gasteiger partial charge in [-0.05, 0) is 43.5 Å². The Balaban J connectivity index is 2.13. The molecule has 2 rings (SSSR count). The summed E-state index contributed by atoms with van der Waals surface area (Å²) in [5, 5.41) is 2.74. The summed E-state index contributed by atoms with van der Waals surface area (Å²) in [5.74, 6) is 0.119. The highest BCUT2D eigenvalue weighted by Gasteiger charge is 2.30. The molecule has 1 amide bonds. The Kier molecular flexibility index (Phi) is 3.87. The maximum atomic E-state index is 11.8. The van der Waals surface area contributed by atoms with Gasteiger partial charge < -0.3 is 11.1 Å². The van der Waals surface area contributed by atoms with Gasteiger partial charge in [-0.25, -0.2) is 0 Å². The molecule has 0 bridgehead atoms. The largest absolute Gasteiger partial charge is 0.399 e. The second kappa shape index (κ2) is 5.40. The minimum Gasteiger partial charge on any atom is -0.399 e. The first-order valence-electron chi connectivity index (χ1n) is 6.43. The molecule has 1 saturated heterocycles. The number of carbonyl (C=O) groups excluding carboxylic acids is 1. The van der Waals surface area contributed by atoms with Crippen molar-refractivity contribution in [3.63, 3.8) is 0 Å². The van der Waals surface area contributed by atoms with E-state index in [2.05, 4.69) is 16.3 Å². The summed E-state index contributed by atoms with van der Waals surface area (Å²) < 4.78 is 0. The molecule has 1 aliphatic heterocycles. The van der Waals surface area contributed by atoms with Crippen LogP contribution < -0.4 is 11.1 Å². The molecule has 1 heterocycles. The molecule has 98 valence electrons. The molecule has 4 nitrogen and oxygen atoms in total. The lowest BCUT2D eigenvalue weighted by atomic mass is 10.1. The minimum absolute atomic E-state index is 0.0100. The fourth-order valence-corrected chi connectivity index (χ4v) is 2.57. The topological polar surface area (TPSA) is 58.4 Å². The molecular weight excluding hydrogens is 226 g/mol. The quantitative estimate of drug-likeness (QED) is 0.791. The van der Waals surface area contributed by atoms with E-state index in [0.29, 0.717) is 0 Å². The van der Waals surface area contributed by atoms with Crippen LogP contribution in [0.3, 0.4) is 0 Å². The lowest BCUT2D eigenvalue weighted by molar-refractivity contribution is -0.125. The second-order valence-electron chi connectivity index (χ2n) is 4.87. The molecule has 1 unspecified atom stereocenters. The summed E-state index contributed by atoms with van der Waals surface area (Å²) in [7, 11) is 1.70. The molecular formula is C14H21N3O. The van der Waals surface area contributed by atoms with Gasteiger partial charge >= 0.3 is 0 Å². The molecule has 0 radical (unpaired) electrons. The number of nitrogens with two attached hydrogens (primary N) is 1. The standard InChI is InChI=1S/C14H21N3O/c1-10-11(5-3-6-12(10)15)9-17-8-4-7-13(17)14(18)16-2/h3,5-6,13H,4,7-9,15H2,1-2H3,(H,16,18). The fraction of sp³-hybridized carbons (Fsp3) is 0.500. The number of likely N-dealkylation sites (tertiary alicyclic amines) is 1. The van der Waals surface area contributed by atoms with Gasteiger partial charge in [-0.2, -0.15) is 0 Å². The smallest absolute Gasteiger partial charge is 0.237 e. The molecule has 1 aliphatic rings. The van der Waals surface area contributed by atoms with Crippen molar-refractivity contribution < 1.29 is 4.79 Å². The van der Waals surface area contributed by atoms with Gasteiger partial charge in [0.15, 0.2) is 0 Å². The number of anilines is 1. The number of rotatable bonds is 3. The second-order valence-corrected chi connectivity index (χ2v) is 4.87. The van der Waals surface area contributed by atoms with Crippen LogP contribution in [-0.4, -0.2) is 30.4 Å². The van der Waals surface area contributed by atoms with Gasteiger partial charge in [-0.1, -0.05) is 12.1 Å². The van der Waals surface area contributed by atoms with Gasteiger partial charge in [-0.3, -0.25) is 9.69 Å². The zero-order valence-corrected chi connectivity index (χ0v) is 11.1. The van der Waals surface area contributed by atoms with Crippen molar-refractivity contribution >= 4 is 11.6 Å². The van der Waals surface area contributed by atoms with E-state index in [1.54, 1.807) is 7.05 Å². The van der Waals surface area contributed by atoms with Crippen molar-refractivity contribution in [3.8, 4) is 0 Å². The zero-order chi connectivity index (χ0) is 13.1. The van der Waals surface area contributed by atoms with E-state index >= 15 is 0 Å². The van der Waals surface area contributed by atoms with Crippen LogP contribution in [0.15, 0.2) is 18.2 Å². The lowest BCUT2D eigenvalue weighted by Crippen LogP contribution is -2.41. The Morgan fingerprint density at radius 3 is 3.06 bits per heavy atom. The van der Waals surface area contributed by atoms with E-state index in [1.165, 1.54) is 5.56 Å². The number of likely N-dealkylation sites (N-methyl/N-ethyl adjacent to an activating group) is 1. The Morgan fingerprint density at radius 1 is 1.56 bits per heavy atom. The van der Waals surface area contributed by atoms with Gasteiger partial charge in [0.1, 0.15) is 0 Å². The molecule has 0 aromatic heterocycles. The number of nitrogen functional groups attached to an aromatic ring is 1. The number of nitrogens with one attached hydrogen (secondary N) is 1. The van der Waals surface area contributed by atoms with Gasteiger partial charge in [0.2, 0.25) is 5.91 Å². The van der Waals surface area contributed by atoms with E-state index in [9.17, 15) is 4.79 Å². The van der Waals surface area contributed by atoms with Crippen molar-refractivity contribution in [2.24, 2.45) is 0 Å². The average molecular weight is 247 g/mol. The third kappa shape index (κ3) is 2.48. The molecule has 0 aliphatic carbocycles. The molecule has 0 spiro atoms. The molecule has 18 heavy (non-hydrogen) atoms. The lowest BCUT2D eigenvalue weighted by Gasteiger charge is -2.24. The highest BCUT2D eigenvalue weighted by atomic mass is 16.2. The van der Waals surface area contributed by atoms with Gasteiger partial charge in [-0.15, -0.1) is 0 Å². The van der Waals surface area contributed by atoms with Crippen LogP contribution in [-0.2, 0) is 11.3 Å². The molecule has 3 N–H and O–H groups in total. The molecule has 1 aromatic carbocycles. The first-order valence-corrected chi connectivity index (χ1v) is 6.43. The van der Waals surface area contributed by atoms with E-state index in [4.69, 9.17) is 5.73 Å². The predicted octanol–water partition coefficient (Wildman–Crippen LogP) is 1.29. The third-order valence-electron chi connectivity index (χ3n) is 3.77. The summed E-state index contributed by atoms with van der Waals surface area (Å²) in [4.78, 5) is 14.0. The van der Waals surface area contributed by atoms with Crippen LogP contribution in [0.25, 0.3) is 0 Å². The number of amides is 1. The van der Waals surface area contributed by atoms with E-state index in [1.807, 2.05) is 19.1 Å². The Hall–Kier alpha value is -1.55.